The number of allylic oxidation sites excluding steroid dienone is 1. The maximum absolute atomic E-state index is 12.6. The summed E-state index contributed by atoms with van der Waals surface area (Å²) in [6.07, 6.45) is 0.178. The second-order valence-electron chi connectivity index (χ2n) is 5.65. The number of carbonyl (C=O) groups excluding carboxylic acids is 2. The highest BCUT2D eigenvalue weighted by molar-refractivity contribution is 5.96. The summed E-state index contributed by atoms with van der Waals surface area (Å²) in [5.41, 5.74) is 1.80. The van der Waals surface area contributed by atoms with Gasteiger partial charge in [0, 0.05) is 30.2 Å². The number of hydrogen-bond acceptors (Lipinski definition) is 5. The molecule has 1 N–H and O–H groups in total. The molecule has 1 heterocycles. The van der Waals surface area contributed by atoms with Gasteiger partial charge in [-0.1, -0.05) is 18.2 Å². The number of para-hydroxylation sites is 1. The standard InChI is InChI=1S/C19H25NO5/c1-4-23-10-11-25-19(22)18-13(3)20-17(21)12-15(18)14-8-6-7-9-16(14)24-5-2/h6-9,15H,4-5,10-12H2,1-3H3,(H,20,21). The Balaban J connectivity index is 2.29. The lowest BCUT2D eigenvalue weighted by Gasteiger charge is -2.27. The highest BCUT2D eigenvalue weighted by Gasteiger charge is 2.34. The van der Waals surface area contributed by atoms with Crippen LogP contribution in [0.5, 0.6) is 5.75 Å². The van der Waals surface area contributed by atoms with Crippen LogP contribution < -0.4 is 10.1 Å². The summed E-state index contributed by atoms with van der Waals surface area (Å²) in [5.74, 6) is -0.276. The summed E-state index contributed by atoms with van der Waals surface area (Å²) in [6, 6.07) is 7.47. The molecule has 0 saturated carbocycles. The van der Waals surface area contributed by atoms with Gasteiger partial charge in [0.2, 0.25) is 5.91 Å². The van der Waals surface area contributed by atoms with Crippen LogP contribution in [0.2, 0.25) is 0 Å². The second-order valence-corrected chi connectivity index (χ2v) is 5.65. The molecule has 0 spiro atoms. The Bertz CT molecular complexity index is 653. The molecule has 1 unspecified atom stereocenters. The Labute approximate surface area is 148 Å². The van der Waals surface area contributed by atoms with E-state index < -0.39 is 11.9 Å². The monoisotopic (exact) mass is 347 g/mol. The first-order chi connectivity index (χ1) is 12.1. The zero-order chi connectivity index (χ0) is 18.2. The summed E-state index contributed by atoms with van der Waals surface area (Å²) in [7, 11) is 0. The van der Waals surface area contributed by atoms with Crippen molar-refractivity contribution in [2.45, 2.75) is 33.1 Å². The van der Waals surface area contributed by atoms with Crippen LogP contribution in [0.1, 0.15) is 38.7 Å². The molecule has 0 radical (unpaired) electrons. The molecule has 0 aliphatic carbocycles. The zero-order valence-corrected chi connectivity index (χ0v) is 15.0. The van der Waals surface area contributed by atoms with E-state index in [0.717, 1.165) is 5.56 Å². The van der Waals surface area contributed by atoms with Gasteiger partial charge in [-0.2, -0.15) is 0 Å². The van der Waals surface area contributed by atoms with Crippen molar-refractivity contribution in [3.63, 3.8) is 0 Å². The number of esters is 1. The van der Waals surface area contributed by atoms with E-state index in [2.05, 4.69) is 5.32 Å². The molecule has 1 aromatic rings. The summed E-state index contributed by atoms with van der Waals surface area (Å²) in [6.45, 7) is 7.09. The van der Waals surface area contributed by atoms with Crippen molar-refractivity contribution < 1.29 is 23.8 Å². The lowest BCUT2D eigenvalue weighted by atomic mass is 9.84. The average Bonchev–Trinajstić information content (AvgIpc) is 2.58. The summed E-state index contributed by atoms with van der Waals surface area (Å²) in [4.78, 5) is 24.6. The highest BCUT2D eigenvalue weighted by Crippen LogP contribution is 2.38. The van der Waals surface area contributed by atoms with E-state index in [-0.39, 0.29) is 18.9 Å². The van der Waals surface area contributed by atoms with Crippen LogP contribution >= 0.6 is 0 Å². The van der Waals surface area contributed by atoms with Gasteiger partial charge in [0.25, 0.3) is 0 Å². The molecule has 1 aliphatic heterocycles. The fraction of sp³-hybridized carbons (Fsp3) is 0.474. The van der Waals surface area contributed by atoms with Crippen molar-refractivity contribution >= 4 is 11.9 Å². The Kier molecular flexibility index (Phi) is 7.01. The predicted molar refractivity (Wildman–Crippen MR) is 93.3 cm³/mol. The van der Waals surface area contributed by atoms with E-state index in [1.165, 1.54) is 0 Å². The normalized spacial score (nSPS) is 17.2. The van der Waals surface area contributed by atoms with E-state index in [0.29, 0.717) is 36.8 Å². The molecule has 0 fully saturated rings. The third-order valence-corrected chi connectivity index (χ3v) is 3.95. The van der Waals surface area contributed by atoms with Crippen LogP contribution in [0.15, 0.2) is 35.5 Å². The van der Waals surface area contributed by atoms with Gasteiger partial charge in [0.05, 0.1) is 18.8 Å². The van der Waals surface area contributed by atoms with E-state index in [1.54, 1.807) is 6.92 Å². The van der Waals surface area contributed by atoms with Gasteiger partial charge >= 0.3 is 5.97 Å². The topological polar surface area (TPSA) is 73.9 Å². The third-order valence-electron chi connectivity index (χ3n) is 3.95. The molecule has 1 atom stereocenters. The van der Waals surface area contributed by atoms with Gasteiger partial charge in [-0.3, -0.25) is 4.79 Å². The minimum absolute atomic E-state index is 0.125. The van der Waals surface area contributed by atoms with Gasteiger partial charge in [0.15, 0.2) is 0 Å². The fourth-order valence-corrected chi connectivity index (χ4v) is 2.91. The minimum Gasteiger partial charge on any atom is -0.494 e. The Morgan fingerprint density at radius 1 is 1.20 bits per heavy atom. The van der Waals surface area contributed by atoms with Gasteiger partial charge in [0.1, 0.15) is 12.4 Å². The van der Waals surface area contributed by atoms with Gasteiger partial charge < -0.3 is 19.5 Å². The predicted octanol–water partition coefficient (Wildman–Crippen LogP) is 2.54. The van der Waals surface area contributed by atoms with Crippen molar-refractivity contribution in [1.82, 2.24) is 5.32 Å². The molecule has 1 amide bonds. The molecular weight excluding hydrogens is 322 g/mol. The summed E-state index contributed by atoms with van der Waals surface area (Å²) in [5, 5.41) is 2.73. The van der Waals surface area contributed by atoms with Gasteiger partial charge in [-0.05, 0) is 26.8 Å². The molecule has 2 rings (SSSR count). The van der Waals surface area contributed by atoms with Crippen LogP contribution in [0, 0.1) is 0 Å². The van der Waals surface area contributed by atoms with Gasteiger partial charge in [-0.25, -0.2) is 4.79 Å². The molecule has 6 heteroatoms. The van der Waals surface area contributed by atoms with Crippen LogP contribution in [-0.2, 0) is 19.1 Å². The van der Waals surface area contributed by atoms with Crippen LogP contribution in [0.25, 0.3) is 0 Å². The van der Waals surface area contributed by atoms with Crippen molar-refractivity contribution in [1.29, 1.82) is 0 Å². The molecule has 1 aromatic carbocycles. The lowest BCUT2D eigenvalue weighted by Crippen LogP contribution is -2.34. The first-order valence-electron chi connectivity index (χ1n) is 8.55. The Hall–Kier alpha value is -2.34. The SMILES string of the molecule is CCOCCOC(=O)C1=C(C)NC(=O)CC1c1ccccc1OCC. The van der Waals surface area contributed by atoms with E-state index in [9.17, 15) is 9.59 Å². The third kappa shape index (κ3) is 4.82. The molecular formula is C19H25NO5. The Morgan fingerprint density at radius 2 is 1.96 bits per heavy atom. The first-order valence-corrected chi connectivity index (χ1v) is 8.55. The Morgan fingerprint density at radius 3 is 2.68 bits per heavy atom. The number of hydrogen-bond donors (Lipinski definition) is 1. The molecule has 1 aliphatic rings. The average molecular weight is 347 g/mol. The molecule has 0 bridgehead atoms. The fourth-order valence-electron chi connectivity index (χ4n) is 2.91. The number of carbonyl (C=O) groups is 2. The van der Waals surface area contributed by atoms with Crippen LogP contribution in [-0.4, -0.2) is 38.3 Å². The molecule has 0 aromatic heterocycles. The smallest absolute Gasteiger partial charge is 0.336 e. The van der Waals surface area contributed by atoms with E-state index in [1.807, 2.05) is 38.1 Å². The number of ether oxygens (including phenoxy) is 3. The quantitative estimate of drug-likeness (QED) is 0.578. The molecule has 6 nitrogen and oxygen atoms in total. The largest absolute Gasteiger partial charge is 0.494 e. The molecule has 25 heavy (non-hydrogen) atoms. The van der Waals surface area contributed by atoms with Crippen LogP contribution in [0.3, 0.4) is 0 Å². The van der Waals surface area contributed by atoms with Crippen molar-refractivity contribution in [3.8, 4) is 5.75 Å². The van der Waals surface area contributed by atoms with E-state index in [4.69, 9.17) is 14.2 Å². The van der Waals surface area contributed by atoms with Gasteiger partial charge in [-0.15, -0.1) is 0 Å². The number of nitrogens with one attached hydrogen (secondary N) is 1. The summed E-state index contributed by atoms with van der Waals surface area (Å²) < 4.78 is 16.2. The highest BCUT2D eigenvalue weighted by atomic mass is 16.6. The van der Waals surface area contributed by atoms with Crippen molar-refractivity contribution in [3.05, 3.63) is 41.1 Å². The molecule has 136 valence electrons. The number of rotatable bonds is 8. The van der Waals surface area contributed by atoms with Crippen LogP contribution in [0.4, 0.5) is 0 Å². The van der Waals surface area contributed by atoms with Crippen molar-refractivity contribution in [2.75, 3.05) is 26.4 Å². The first kappa shape index (κ1) is 19.0. The number of amides is 1. The lowest BCUT2D eigenvalue weighted by molar-refractivity contribution is -0.141. The maximum Gasteiger partial charge on any atom is 0.336 e. The summed E-state index contributed by atoms with van der Waals surface area (Å²) >= 11 is 0. The molecule has 0 saturated heterocycles. The van der Waals surface area contributed by atoms with E-state index >= 15 is 0 Å². The van der Waals surface area contributed by atoms with Crippen molar-refractivity contribution in [2.24, 2.45) is 0 Å². The second kappa shape index (κ2) is 9.22. The minimum atomic E-state index is -0.437. The number of benzene rings is 1. The maximum atomic E-state index is 12.6. The zero-order valence-electron chi connectivity index (χ0n) is 15.0.